The molecule has 0 atom stereocenters. The van der Waals surface area contributed by atoms with Gasteiger partial charge in [-0.05, 0) is 0 Å². The minimum Gasteiger partial charge on any atom is -0.273 e. The highest BCUT2D eigenvalue weighted by atomic mass is 32.2. The Hall–Kier alpha value is -0.990. The topological polar surface area (TPSA) is 102 Å². The van der Waals surface area contributed by atoms with Crippen molar-refractivity contribution in [1.29, 1.82) is 5.41 Å². The van der Waals surface area contributed by atoms with E-state index < -0.39 is 10.0 Å². The zero-order valence-corrected chi connectivity index (χ0v) is 7.52. The van der Waals surface area contributed by atoms with E-state index in [0.29, 0.717) is 11.3 Å². The first-order valence-electron chi connectivity index (χ1n) is 2.75. The van der Waals surface area contributed by atoms with Crippen molar-refractivity contribution >= 4 is 27.6 Å². The van der Waals surface area contributed by atoms with Crippen LogP contribution in [0, 0.1) is 5.41 Å². The van der Waals surface area contributed by atoms with E-state index in [9.17, 15) is 8.42 Å². The largest absolute Gasteiger partial charge is 0.273 e. The zero-order chi connectivity index (χ0) is 9.35. The van der Waals surface area contributed by atoms with Crippen LogP contribution in [0.1, 0.15) is 0 Å². The summed E-state index contributed by atoms with van der Waals surface area (Å²) in [6.07, 6.45) is 1.23. The van der Waals surface area contributed by atoms with Crippen molar-refractivity contribution < 1.29 is 8.42 Å². The molecule has 0 aromatic carbocycles. The summed E-state index contributed by atoms with van der Waals surface area (Å²) < 4.78 is 22.2. The minimum absolute atomic E-state index is 0.0333. The molecule has 1 heterocycles. The first-order chi connectivity index (χ1) is 5.45. The molecule has 12 heavy (non-hydrogen) atoms. The van der Waals surface area contributed by atoms with Crippen molar-refractivity contribution in [1.82, 2.24) is 9.78 Å². The van der Waals surface area contributed by atoms with Crippen LogP contribution in [0.3, 0.4) is 0 Å². The van der Waals surface area contributed by atoms with Crippen molar-refractivity contribution in [2.45, 2.75) is 4.34 Å². The average molecular weight is 206 g/mol. The van der Waals surface area contributed by atoms with Gasteiger partial charge in [0.05, 0.1) is 0 Å². The predicted octanol–water partition coefficient (Wildman–Crippen LogP) is -0.828. The van der Waals surface area contributed by atoms with Crippen LogP contribution in [-0.4, -0.2) is 18.2 Å². The molecule has 3 N–H and O–H groups in total. The van der Waals surface area contributed by atoms with Crippen LogP contribution in [0.25, 0.3) is 6.20 Å². The fourth-order valence-electron chi connectivity index (χ4n) is 0.522. The second kappa shape index (κ2) is 2.81. The van der Waals surface area contributed by atoms with E-state index in [0.717, 1.165) is 4.68 Å². The maximum Gasteiger partial charge on any atom is 0.267 e. The highest BCUT2D eigenvalue weighted by molar-refractivity contribution is 7.91. The number of nitrogens with two attached hydrogens (primary N) is 1. The first kappa shape index (κ1) is 9.10. The second-order valence-electron chi connectivity index (χ2n) is 1.85. The Morgan fingerprint density at radius 3 is 2.58 bits per heavy atom. The molecule has 1 aromatic heterocycles. The van der Waals surface area contributed by atoms with Crippen LogP contribution >= 0.6 is 11.3 Å². The molecule has 0 fully saturated rings. The van der Waals surface area contributed by atoms with Gasteiger partial charge in [0.2, 0.25) is 9.14 Å². The van der Waals surface area contributed by atoms with E-state index in [4.69, 9.17) is 10.5 Å². The SMILES string of the molecule is C=Cn1nc(S(N)(=O)=O)sc1=N. The average Bonchev–Trinajstić information content (AvgIpc) is 2.29. The van der Waals surface area contributed by atoms with Crippen molar-refractivity contribution in [2.24, 2.45) is 5.14 Å². The number of hydrogen-bond donors (Lipinski definition) is 2. The van der Waals surface area contributed by atoms with Gasteiger partial charge in [-0.1, -0.05) is 17.9 Å². The standard InChI is InChI=1S/C4H6N4O2S2/c1-2-8-3(5)11-4(7-8)12(6,9)10/h2,5H,1H2,(H2,6,9,10). The molecule has 0 spiro atoms. The number of primary sulfonamides is 1. The molecular formula is C4H6N4O2S2. The molecule has 66 valence electrons. The molecule has 0 aliphatic rings. The molecule has 1 aromatic rings. The molecule has 0 bridgehead atoms. The molecular weight excluding hydrogens is 200 g/mol. The maximum absolute atomic E-state index is 10.7. The van der Waals surface area contributed by atoms with Gasteiger partial charge in [-0.15, -0.1) is 5.10 Å². The Morgan fingerprint density at radius 2 is 2.33 bits per heavy atom. The normalized spacial score (nSPS) is 11.4. The van der Waals surface area contributed by atoms with Crippen molar-refractivity contribution in [3.8, 4) is 0 Å². The van der Waals surface area contributed by atoms with E-state index in [1.54, 1.807) is 0 Å². The highest BCUT2D eigenvalue weighted by Gasteiger charge is 2.13. The second-order valence-corrected chi connectivity index (χ2v) is 4.56. The number of hydrogen-bond acceptors (Lipinski definition) is 5. The number of sulfonamides is 1. The fourth-order valence-corrected chi connectivity index (χ4v) is 1.93. The summed E-state index contributed by atoms with van der Waals surface area (Å²) in [5.41, 5.74) is 0. The van der Waals surface area contributed by atoms with Gasteiger partial charge in [0, 0.05) is 6.20 Å². The lowest BCUT2D eigenvalue weighted by molar-refractivity contribution is 0.594. The molecule has 8 heteroatoms. The Kier molecular flexibility index (Phi) is 2.13. The Balaban J connectivity index is 3.42. The summed E-state index contributed by atoms with van der Waals surface area (Å²) in [7, 11) is -3.80. The van der Waals surface area contributed by atoms with E-state index in [-0.39, 0.29) is 9.14 Å². The lowest BCUT2D eigenvalue weighted by atomic mass is 11.0. The summed E-state index contributed by atoms with van der Waals surface area (Å²) in [4.78, 5) is -0.0333. The van der Waals surface area contributed by atoms with E-state index in [1.165, 1.54) is 6.20 Å². The number of nitrogens with zero attached hydrogens (tertiary/aromatic N) is 2. The Labute approximate surface area is 72.5 Å². The maximum atomic E-state index is 10.7. The number of nitrogens with one attached hydrogen (secondary N) is 1. The number of rotatable bonds is 2. The van der Waals surface area contributed by atoms with Crippen LogP contribution in [0.15, 0.2) is 10.9 Å². The molecule has 0 aliphatic heterocycles. The van der Waals surface area contributed by atoms with Gasteiger partial charge >= 0.3 is 0 Å². The third kappa shape index (κ3) is 1.60. The monoisotopic (exact) mass is 206 g/mol. The minimum atomic E-state index is -3.80. The van der Waals surface area contributed by atoms with Gasteiger partial charge in [-0.2, -0.15) is 0 Å². The van der Waals surface area contributed by atoms with Crippen molar-refractivity contribution in [3.05, 3.63) is 11.4 Å². The van der Waals surface area contributed by atoms with Crippen molar-refractivity contribution in [2.75, 3.05) is 0 Å². The van der Waals surface area contributed by atoms with Crippen LogP contribution in [0.5, 0.6) is 0 Å². The molecule has 0 aliphatic carbocycles. The Morgan fingerprint density at radius 1 is 1.75 bits per heavy atom. The molecule has 1 rings (SSSR count). The van der Waals surface area contributed by atoms with Gasteiger partial charge in [-0.3, -0.25) is 5.41 Å². The van der Waals surface area contributed by atoms with Crippen LogP contribution in [0.2, 0.25) is 0 Å². The molecule has 6 nitrogen and oxygen atoms in total. The van der Waals surface area contributed by atoms with Crippen LogP contribution in [0.4, 0.5) is 0 Å². The lowest BCUT2D eigenvalue weighted by Crippen LogP contribution is -2.12. The summed E-state index contributed by atoms with van der Waals surface area (Å²) in [5.74, 6) is 0. The Bertz CT molecular complexity index is 454. The molecule has 0 amide bonds. The summed E-state index contributed by atoms with van der Waals surface area (Å²) in [5, 5.41) is 15.5. The van der Waals surface area contributed by atoms with E-state index in [2.05, 4.69) is 11.7 Å². The van der Waals surface area contributed by atoms with Gasteiger partial charge in [0.25, 0.3) is 10.0 Å². The number of aromatic nitrogens is 2. The quantitative estimate of drug-likeness (QED) is 0.660. The predicted molar refractivity (Wildman–Crippen MR) is 43.7 cm³/mol. The van der Waals surface area contributed by atoms with Gasteiger partial charge < -0.3 is 0 Å². The lowest BCUT2D eigenvalue weighted by Gasteiger charge is -1.86. The third-order valence-corrected chi connectivity index (χ3v) is 3.15. The first-order valence-corrected chi connectivity index (χ1v) is 5.11. The third-order valence-electron chi connectivity index (χ3n) is 0.998. The zero-order valence-electron chi connectivity index (χ0n) is 5.89. The van der Waals surface area contributed by atoms with Gasteiger partial charge in [-0.25, -0.2) is 18.2 Å². The highest BCUT2D eigenvalue weighted by Crippen LogP contribution is 2.04. The molecule has 0 saturated heterocycles. The fraction of sp³-hybridized carbons (Fsp3) is 0. The van der Waals surface area contributed by atoms with Gasteiger partial charge in [0.15, 0.2) is 0 Å². The molecule has 0 radical (unpaired) electrons. The van der Waals surface area contributed by atoms with Crippen LogP contribution in [-0.2, 0) is 10.0 Å². The summed E-state index contributed by atoms with van der Waals surface area (Å²) in [6.45, 7) is 3.34. The smallest absolute Gasteiger partial charge is 0.267 e. The van der Waals surface area contributed by atoms with Crippen molar-refractivity contribution in [3.63, 3.8) is 0 Å². The van der Waals surface area contributed by atoms with E-state index >= 15 is 0 Å². The summed E-state index contributed by atoms with van der Waals surface area (Å²) in [6, 6.07) is 0. The molecule has 0 unspecified atom stereocenters. The van der Waals surface area contributed by atoms with E-state index in [1.807, 2.05) is 0 Å². The van der Waals surface area contributed by atoms with Gasteiger partial charge in [0.1, 0.15) is 0 Å². The van der Waals surface area contributed by atoms with Crippen LogP contribution < -0.4 is 9.94 Å². The molecule has 0 saturated carbocycles. The summed E-state index contributed by atoms with van der Waals surface area (Å²) >= 11 is 0.680.